The Morgan fingerprint density at radius 2 is 1.90 bits per heavy atom. The highest BCUT2D eigenvalue weighted by Crippen LogP contribution is 2.29. The maximum atomic E-state index is 13.8. The first-order chi connectivity index (χ1) is 14.4. The molecule has 6 nitrogen and oxygen atoms in total. The van der Waals surface area contributed by atoms with Crippen molar-refractivity contribution in [1.82, 2.24) is 9.55 Å². The second kappa shape index (κ2) is 7.55. The molecular formula is C22H17F2N3O3. The van der Waals surface area contributed by atoms with Gasteiger partial charge in [0.25, 0.3) is 5.91 Å². The molecule has 8 heteroatoms. The van der Waals surface area contributed by atoms with Crippen LogP contribution in [0, 0.1) is 11.6 Å². The predicted molar refractivity (Wildman–Crippen MR) is 108 cm³/mol. The molecule has 0 aliphatic carbocycles. The Balaban J connectivity index is 1.66. The third kappa shape index (κ3) is 3.36. The zero-order valence-electron chi connectivity index (χ0n) is 16.2. The molecule has 0 unspecified atom stereocenters. The summed E-state index contributed by atoms with van der Waals surface area (Å²) in [5.41, 5.74) is 3.09. The molecule has 0 saturated carbocycles. The molecule has 0 saturated heterocycles. The van der Waals surface area contributed by atoms with Crippen LogP contribution < -0.4 is 11.1 Å². The normalized spacial score (nSPS) is 11.1. The standard InChI is InChI=1S/C22H17F2N3O3/c1-3-12-9-18-17(27(2)22(29)30-18)10-14(12)13-7-8-19(25-11-13)26-21(28)20-15(23)5-4-6-16(20)24/h4-11H,3H2,1-2H3,(H,25,26,28). The van der Waals surface area contributed by atoms with Crippen LogP contribution in [0.3, 0.4) is 0 Å². The summed E-state index contributed by atoms with van der Waals surface area (Å²) in [7, 11) is 1.63. The highest BCUT2D eigenvalue weighted by molar-refractivity contribution is 6.04. The number of carbonyl (C=O) groups excluding carboxylic acids is 1. The molecule has 0 atom stereocenters. The van der Waals surface area contributed by atoms with Crippen LogP contribution in [0.15, 0.2) is 57.9 Å². The number of aryl methyl sites for hydroxylation is 2. The van der Waals surface area contributed by atoms with Crippen molar-refractivity contribution >= 4 is 22.8 Å². The molecule has 152 valence electrons. The molecular weight excluding hydrogens is 392 g/mol. The Morgan fingerprint density at radius 1 is 1.17 bits per heavy atom. The van der Waals surface area contributed by atoms with E-state index in [0.717, 1.165) is 28.8 Å². The van der Waals surface area contributed by atoms with Crippen molar-refractivity contribution in [2.24, 2.45) is 7.05 Å². The van der Waals surface area contributed by atoms with Gasteiger partial charge in [0.1, 0.15) is 23.0 Å². The molecule has 2 aromatic carbocycles. The van der Waals surface area contributed by atoms with Crippen LogP contribution in [0.2, 0.25) is 0 Å². The summed E-state index contributed by atoms with van der Waals surface area (Å²) in [6.45, 7) is 1.98. The molecule has 30 heavy (non-hydrogen) atoms. The molecule has 0 fully saturated rings. The highest BCUT2D eigenvalue weighted by Gasteiger charge is 2.18. The van der Waals surface area contributed by atoms with Gasteiger partial charge in [0, 0.05) is 18.8 Å². The summed E-state index contributed by atoms with van der Waals surface area (Å²) in [5, 5.41) is 2.40. The van der Waals surface area contributed by atoms with Gasteiger partial charge in [-0.3, -0.25) is 9.36 Å². The van der Waals surface area contributed by atoms with Crippen molar-refractivity contribution in [2.45, 2.75) is 13.3 Å². The molecule has 4 aromatic rings. The minimum Gasteiger partial charge on any atom is -0.408 e. The molecule has 2 aromatic heterocycles. The lowest BCUT2D eigenvalue weighted by atomic mass is 9.98. The van der Waals surface area contributed by atoms with Crippen LogP contribution in [0.4, 0.5) is 14.6 Å². The van der Waals surface area contributed by atoms with E-state index < -0.39 is 28.9 Å². The van der Waals surface area contributed by atoms with Crippen molar-refractivity contribution in [1.29, 1.82) is 0 Å². The maximum Gasteiger partial charge on any atom is 0.419 e. The lowest BCUT2D eigenvalue weighted by molar-refractivity contribution is 0.101. The summed E-state index contributed by atoms with van der Waals surface area (Å²) < 4.78 is 34.2. The van der Waals surface area contributed by atoms with E-state index in [4.69, 9.17) is 4.42 Å². The highest BCUT2D eigenvalue weighted by atomic mass is 19.1. The summed E-state index contributed by atoms with van der Waals surface area (Å²) in [4.78, 5) is 28.2. The number of nitrogens with one attached hydrogen (secondary N) is 1. The van der Waals surface area contributed by atoms with Crippen LogP contribution in [0.25, 0.3) is 22.2 Å². The minimum absolute atomic E-state index is 0.154. The quantitative estimate of drug-likeness (QED) is 0.546. The fraction of sp³-hybridized carbons (Fsp3) is 0.136. The molecule has 1 N–H and O–H groups in total. The van der Waals surface area contributed by atoms with Gasteiger partial charge in [0.05, 0.1) is 5.52 Å². The summed E-state index contributed by atoms with van der Waals surface area (Å²) in [5.74, 6) is -3.11. The van der Waals surface area contributed by atoms with Crippen LogP contribution in [-0.4, -0.2) is 15.5 Å². The maximum absolute atomic E-state index is 13.8. The number of halogens is 2. The van der Waals surface area contributed by atoms with E-state index >= 15 is 0 Å². The lowest BCUT2D eigenvalue weighted by Crippen LogP contribution is -2.16. The number of fused-ring (bicyclic) bond motifs is 1. The molecule has 4 rings (SSSR count). The Morgan fingerprint density at radius 3 is 2.53 bits per heavy atom. The van der Waals surface area contributed by atoms with E-state index in [1.54, 1.807) is 25.4 Å². The van der Waals surface area contributed by atoms with Gasteiger partial charge in [-0.1, -0.05) is 13.0 Å². The SMILES string of the molecule is CCc1cc2oc(=O)n(C)c2cc1-c1ccc(NC(=O)c2c(F)cccc2F)nc1. The lowest BCUT2D eigenvalue weighted by Gasteiger charge is -2.10. The van der Waals surface area contributed by atoms with E-state index in [0.29, 0.717) is 17.5 Å². The minimum atomic E-state index is -0.948. The van der Waals surface area contributed by atoms with Crippen molar-refractivity contribution in [3.63, 3.8) is 0 Å². The van der Waals surface area contributed by atoms with Crippen LogP contribution in [0.5, 0.6) is 0 Å². The van der Waals surface area contributed by atoms with Gasteiger partial charge in [-0.15, -0.1) is 0 Å². The van der Waals surface area contributed by atoms with Gasteiger partial charge in [0.2, 0.25) is 0 Å². The largest absolute Gasteiger partial charge is 0.419 e. The molecule has 0 spiro atoms. The molecule has 2 heterocycles. The number of benzene rings is 2. The Labute approximate surface area is 169 Å². The number of hydrogen-bond acceptors (Lipinski definition) is 4. The van der Waals surface area contributed by atoms with Gasteiger partial charge in [-0.2, -0.15) is 0 Å². The van der Waals surface area contributed by atoms with Gasteiger partial charge in [-0.25, -0.2) is 18.6 Å². The summed E-state index contributed by atoms with van der Waals surface area (Å²) in [6.07, 6.45) is 2.25. The van der Waals surface area contributed by atoms with Crippen molar-refractivity contribution in [3.05, 3.63) is 82.0 Å². The van der Waals surface area contributed by atoms with E-state index in [1.807, 2.05) is 19.1 Å². The van der Waals surface area contributed by atoms with E-state index in [1.165, 1.54) is 10.6 Å². The molecule has 0 aliphatic rings. The predicted octanol–water partition coefficient (Wildman–Crippen LogP) is 4.29. The van der Waals surface area contributed by atoms with E-state index in [2.05, 4.69) is 10.3 Å². The first-order valence-electron chi connectivity index (χ1n) is 9.23. The van der Waals surface area contributed by atoms with Gasteiger partial charge >= 0.3 is 5.76 Å². The number of rotatable bonds is 4. The first-order valence-corrected chi connectivity index (χ1v) is 9.23. The van der Waals surface area contributed by atoms with Gasteiger partial charge in [-0.05, 0) is 53.9 Å². The second-order valence-electron chi connectivity index (χ2n) is 6.74. The molecule has 0 aliphatic heterocycles. The smallest absolute Gasteiger partial charge is 0.408 e. The molecule has 0 radical (unpaired) electrons. The van der Waals surface area contributed by atoms with Crippen LogP contribution in [-0.2, 0) is 13.5 Å². The number of hydrogen-bond donors (Lipinski definition) is 1. The molecule has 1 amide bonds. The summed E-state index contributed by atoms with van der Waals surface area (Å²) in [6, 6.07) is 10.2. The van der Waals surface area contributed by atoms with Crippen LogP contribution >= 0.6 is 0 Å². The number of anilines is 1. The number of amides is 1. The zero-order valence-corrected chi connectivity index (χ0v) is 16.2. The number of carbonyl (C=O) groups is 1. The third-order valence-corrected chi connectivity index (χ3v) is 4.90. The number of pyridine rings is 1. The molecule has 0 bridgehead atoms. The van der Waals surface area contributed by atoms with Crippen molar-refractivity contribution in [2.75, 3.05) is 5.32 Å². The van der Waals surface area contributed by atoms with Crippen LogP contribution in [0.1, 0.15) is 22.8 Å². The second-order valence-corrected chi connectivity index (χ2v) is 6.74. The van der Waals surface area contributed by atoms with Gasteiger partial charge in [0.15, 0.2) is 5.58 Å². The van der Waals surface area contributed by atoms with Crippen molar-refractivity contribution < 1.29 is 18.0 Å². The van der Waals surface area contributed by atoms with E-state index in [-0.39, 0.29) is 5.82 Å². The number of oxazole rings is 1. The average molecular weight is 409 g/mol. The zero-order chi connectivity index (χ0) is 21.4. The first kappa shape index (κ1) is 19.5. The summed E-state index contributed by atoms with van der Waals surface area (Å²) >= 11 is 0. The van der Waals surface area contributed by atoms with E-state index in [9.17, 15) is 18.4 Å². The Hall–Kier alpha value is -3.81. The Bertz CT molecular complexity index is 1300. The monoisotopic (exact) mass is 409 g/mol. The van der Waals surface area contributed by atoms with Crippen molar-refractivity contribution in [3.8, 4) is 11.1 Å². The van der Waals surface area contributed by atoms with Gasteiger partial charge < -0.3 is 9.73 Å². The number of aromatic nitrogens is 2. The third-order valence-electron chi connectivity index (χ3n) is 4.90. The average Bonchev–Trinajstić information content (AvgIpc) is 3.00. The number of nitrogens with zero attached hydrogens (tertiary/aromatic N) is 2. The fourth-order valence-electron chi connectivity index (χ4n) is 3.30. The topological polar surface area (TPSA) is 77.1 Å². The Kier molecular flexibility index (Phi) is 4.91. The fourth-order valence-corrected chi connectivity index (χ4v) is 3.30.